The van der Waals surface area contributed by atoms with Crippen molar-refractivity contribution in [2.24, 2.45) is 22.2 Å². The summed E-state index contributed by atoms with van der Waals surface area (Å²) in [5, 5.41) is 61.3. The van der Waals surface area contributed by atoms with E-state index in [1.54, 1.807) is 34.6 Å². The Morgan fingerprint density at radius 1 is 1.07 bits per heavy atom. The van der Waals surface area contributed by atoms with E-state index in [1.807, 2.05) is 0 Å². The van der Waals surface area contributed by atoms with Crippen molar-refractivity contribution < 1.29 is 58.9 Å². The van der Waals surface area contributed by atoms with Crippen LogP contribution in [-0.2, 0) is 33.4 Å². The molecule has 6 N–H and O–H groups in total. The Morgan fingerprint density at radius 2 is 1.66 bits per heavy atom. The van der Waals surface area contributed by atoms with Gasteiger partial charge in [0.05, 0.1) is 30.3 Å². The van der Waals surface area contributed by atoms with Gasteiger partial charge in [-0.15, -0.1) is 0 Å². The monoisotopic (exact) mass is 625 g/mol. The van der Waals surface area contributed by atoms with Gasteiger partial charge in [-0.05, 0) is 30.4 Å². The Hall–Kier alpha value is -2.42. The van der Waals surface area contributed by atoms with Gasteiger partial charge in [-0.2, -0.15) is 0 Å². The van der Waals surface area contributed by atoms with E-state index in [0.717, 1.165) is 6.92 Å². The minimum Gasteiger partial charge on any atom is -0.459 e. The number of carbonyl (C=O) groups excluding carboxylic acids is 4. The Bertz CT molecular complexity index is 1270. The SMILES string of the molecule is CC(=O)N[C@H]([C@@H](O)C(=O)O[C@H]1C[C@@]2(O)[C@@H](OC(C)=O)[C@@H]3[C@]4(O)CO[C@@H]4C[C@H](O)[C@@]3(C)C(=O)[C@H](O)C(=C1C)C2(C)C)C(C)(C)C. The van der Waals surface area contributed by atoms with E-state index in [9.17, 15) is 44.7 Å². The molecule has 13 heteroatoms. The number of fused-ring (bicyclic) bond motifs is 5. The number of hydrogen-bond donors (Lipinski definition) is 6. The summed E-state index contributed by atoms with van der Waals surface area (Å²) in [6, 6.07) is -1.05. The molecule has 4 aliphatic rings. The maximum absolute atomic E-state index is 14.3. The number of aliphatic hydroxyl groups is 5. The van der Waals surface area contributed by atoms with Crippen LogP contribution in [0.15, 0.2) is 11.1 Å². The molecule has 1 saturated heterocycles. The third-order valence-corrected chi connectivity index (χ3v) is 10.8. The molecule has 0 spiro atoms. The summed E-state index contributed by atoms with van der Waals surface area (Å²) < 4.78 is 17.1. The molecular formula is C31H47NO12. The first-order valence-corrected chi connectivity index (χ1v) is 15.0. The van der Waals surface area contributed by atoms with Crippen molar-refractivity contribution >= 4 is 23.6 Å². The standard InChI is InChI=1S/C31H47NO12/c1-13-16(44-26(39)21(37)23(27(4,5)6)32-14(2)33)11-31(41)25(43-15(3)34)22-29(9,17(35)10-18-30(22,40)12-42-18)24(38)20(36)19(13)28(31,7)8/h16-18,20-23,25,35-37,40-41H,10-12H2,1-9H3,(H,32,33)/t16-,17-,18+,20+,21+,22-,23+,25-,29+,30-,31+/m0/s1. The average Bonchev–Trinajstić information content (AvgIpc) is 2.88. The summed E-state index contributed by atoms with van der Waals surface area (Å²) in [6.07, 6.45) is -9.62. The fourth-order valence-corrected chi connectivity index (χ4v) is 8.13. The molecule has 1 aliphatic heterocycles. The maximum Gasteiger partial charge on any atom is 0.337 e. The Kier molecular flexibility index (Phi) is 8.49. The lowest BCUT2D eigenvalue weighted by atomic mass is 9.45. The molecule has 1 amide bonds. The molecule has 248 valence electrons. The van der Waals surface area contributed by atoms with Crippen LogP contribution in [0, 0.1) is 22.2 Å². The van der Waals surface area contributed by atoms with Crippen LogP contribution in [0.1, 0.15) is 75.2 Å². The third-order valence-electron chi connectivity index (χ3n) is 10.8. The number of Topliss-reactive ketones (excluding diaryl/α,β-unsaturated/α-hetero) is 1. The summed E-state index contributed by atoms with van der Waals surface area (Å²) in [4.78, 5) is 52.2. The number of nitrogens with one attached hydrogen (secondary N) is 1. The molecule has 4 rings (SSSR count). The molecule has 3 fully saturated rings. The Labute approximate surface area is 256 Å². The smallest absolute Gasteiger partial charge is 0.337 e. The normalized spacial score (nSPS) is 41.1. The van der Waals surface area contributed by atoms with Gasteiger partial charge in [0.2, 0.25) is 5.91 Å². The summed E-state index contributed by atoms with van der Waals surface area (Å²) in [7, 11) is 0. The zero-order valence-electron chi connectivity index (χ0n) is 26.8. The van der Waals surface area contributed by atoms with Gasteiger partial charge in [0.15, 0.2) is 11.9 Å². The van der Waals surface area contributed by atoms with Crippen LogP contribution in [-0.4, -0.2) is 110 Å². The van der Waals surface area contributed by atoms with Crippen molar-refractivity contribution in [1.82, 2.24) is 5.32 Å². The van der Waals surface area contributed by atoms with Gasteiger partial charge in [-0.25, -0.2) is 4.79 Å². The van der Waals surface area contributed by atoms with Gasteiger partial charge < -0.3 is 45.1 Å². The minimum atomic E-state index is -2.19. The van der Waals surface area contributed by atoms with Crippen molar-refractivity contribution in [1.29, 1.82) is 0 Å². The Balaban J connectivity index is 1.89. The molecular weight excluding hydrogens is 578 g/mol. The molecule has 11 atom stereocenters. The van der Waals surface area contributed by atoms with Gasteiger partial charge in [0.1, 0.15) is 29.5 Å². The number of hydrogen-bond acceptors (Lipinski definition) is 12. The third kappa shape index (κ3) is 4.91. The van der Waals surface area contributed by atoms with Crippen molar-refractivity contribution in [2.45, 2.75) is 129 Å². The molecule has 0 aromatic heterocycles. The molecule has 0 aromatic carbocycles. The van der Waals surface area contributed by atoms with Crippen LogP contribution in [0.3, 0.4) is 0 Å². The van der Waals surface area contributed by atoms with Crippen LogP contribution in [0.25, 0.3) is 0 Å². The van der Waals surface area contributed by atoms with E-state index in [0.29, 0.717) is 0 Å². The number of carbonyl (C=O) groups is 4. The fraction of sp³-hybridized carbons (Fsp3) is 0.806. The first-order valence-electron chi connectivity index (χ1n) is 15.0. The van der Waals surface area contributed by atoms with E-state index in [2.05, 4.69) is 5.32 Å². The van der Waals surface area contributed by atoms with E-state index < -0.39 is 106 Å². The number of ether oxygens (including phenoxy) is 3. The largest absolute Gasteiger partial charge is 0.459 e. The van der Waals surface area contributed by atoms with E-state index in [-0.39, 0.29) is 24.2 Å². The lowest BCUT2D eigenvalue weighted by Gasteiger charge is -2.66. The van der Waals surface area contributed by atoms with Crippen molar-refractivity contribution in [2.75, 3.05) is 6.61 Å². The number of ketones is 1. The quantitative estimate of drug-likeness (QED) is 0.172. The second kappa shape index (κ2) is 10.8. The molecule has 44 heavy (non-hydrogen) atoms. The highest BCUT2D eigenvalue weighted by Crippen LogP contribution is 2.63. The highest BCUT2D eigenvalue weighted by atomic mass is 16.6. The first kappa shape index (κ1) is 34.5. The van der Waals surface area contributed by atoms with E-state index in [4.69, 9.17) is 14.2 Å². The van der Waals surface area contributed by atoms with Crippen LogP contribution in [0.5, 0.6) is 0 Å². The van der Waals surface area contributed by atoms with Gasteiger partial charge in [0.25, 0.3) is 0 Å². The molecule has 0 aromatic rings. The zero-order chi connectivity index (χ0) is 33.5. The second-order valence-corrected chi connectivity index (χ2v) is 14.9. The highest BCUT2D eigenvalue weighted by Gasteiger charge is 2.76. The number of esters is 2. The van der Waals surface area contributed by atoms with E-state index >= 15 is 0 Å². The first-order chi connectivity index (χ1) is 20.0. The van der Waals surface area contributed by atoms with Crippen molar-refractivity contribution in [3.05, 3.63) is 11.1 Å². The Morgan fingerprint density at radius 3 is 2.14 bits per heavy atom. The van der Waals surface area contributed by atoms with Gasteiger partial charge in [0, 0.05) is 38.0 Å². The molecule has 0 unspecified atom stereocenters. The summed E-state index contributed by atoms with van der Waals surface area (Å²) >= 11 is 0. The number of aliphatic hydroxyl groups excluding tert-OH is 3. The second-order valence-electron chi connectivity index (χ2n) is 14.9. The molecule has 2 saturated carbocycles. The van der Waals surface area contributed by atoms with Crippen molar-refractivity contribution in [3.8, 4) is 0 Å². The molecule has 0 radical (unpaired) electrons. The minimum absolute atomic E-state index is 0.000715. The van der Waals surface area contributed by atoms with Crippen LogP contribution < -0.4 is 5.32 Å². The maximum atomic E-state index is 14.3. The fourth-order valence-electron chi connectivity index (χ4n) is 8.13. The average molecular weight is 626 g/mol. The van der Waals surface area contributed by atoms with Crippen LogP contribution in [0.2, 0.25) is 0 Å². The van der Waals surface area contributed by atoms with Crippen LogP contribution in [0.4, 0.5) is 0 Å². The van der Waals surface area contributed by atoms with E-state index in [1.165, 1.54) is 20.8 Å². The van der Waals surface area contributed by atoms with Crippen molar-refractivity contribution in [3.63, 3.8) is 0 Å². The predicted molar refractivity (Wildman–Crippen MR) is 152 cm³/mol. The summed E-state index contributed by atoms with van der Waals surface area (Å²) in [6.45, 7) is 13.2. The van der Waals surface area contributed by atoms with Gasteiger partial charge in [-0.1, -0.05) is 34.6 Å². The summed E-state index contributed by atoms with van der Waals surface area (Å²) in [5.74, 6) is -4.74. The molecule has 2 bridgehead atoms. The molecule has 3 aliphatic carbocycles. The molecule has 13 nitrogen and oxygen atoms in total. The summed E-state index contributed by atoms with van der Waals surface area (Å²) in [5.41, 5.74) is -7.94. The number of amides is 1. The lowest BCUT2D eigenvalue weighted by Crippen LogP contribution is -2.81. The predicted octanol–water partition coefficient (Wildman–Crippen LogP) is -0.320. The molecule has 1 heterocycles. The van der Waals surface area contributed by atoms with Gasteiger partial charge >= 0.3 is 11.9 Å². The lowest BCUT2D eigenvalue weighted by molar-refractivity contribution is -0.345. The number of rotatable bonds is 5. The zero-order valence-corrected chi connectivity index (χ0v) is 26.8. The highest BCUT2D eigenvalue weighted by molar-refractivity contribution is 5.93. The van der Waals surface area contributed by atoms with Crippen LogP contribution >= 0.6 is 0 Å². The van der Waals surface area contributed by atoms with Gasteiger partial charge in [-0.3, -0.25) is 14.4 Å². The topological polar surface area (TPSA) is 209 Å².